The molecule has 0 aliphatic heterocycles. The Labute approximate surface area is 131 Å². The Morgan fingerprint density at radius 3 is 2.48 bits per heavy atom. The summed E-state index contributed by atoms with van der Waals surface area (Å²) in [5.41, 5.74) is 1.28. The standard InChI is InChI=1S/C18H25NOS/c1-13-7-5-6-8-16(13)21(20)17-11-15(18(2,3)4)10-9-14(17)12-19/h5-8,14-15,17H,9-11H2,1-4H3. The number of hydrogen-bond acceptors (Lipinski definition) is 2. The molecule has 4 unspecified atom stereocenters. The van der Waals surface area contributed by atoms with E-state index in [-0.39, 0.29) is 16.6 Å². The van der Waals surface area contributed by atoms with Crippen molar-refractivity contribution in [1.29, 1.82) is 5.26 Å². The molecule has 0 amide bonds. The van der Waals surface area contributed by atoms with Crippen LogP contribution in [0.2, 0.25) is 0 Å². The first-order chi connectivity index (χ1) is 9.84. The summed E-state index contributed by atoms with van der Waals surface area (Å²) in [7, 11) is -1.09. The molecule has 1 saturated carbocycles. The fourth-order valence-electron chi connectivity index (χ4n) is 3.25. The van der Waals surface area contributed by atoms with Gasteiger partial charge in [0.15, 0.2) is 0 Å². The summed E-state index contributed by atoms with van der Waals surface area (Å²) in [5.74, 6) is 0.462. The number of rotatable bonds is 2. The zero-order valence-electron chi connectivity index (χ0n) is 13.4. The highest BCUT2D eigenvalue weighted by molar-refractivity contribution is 7.85. The van der Waals surface area contributed by atoms with Crippen LogP contribution in [0.25, 0.3) is 0 Å². The van der Waals surface area contributed by atoms with Crippen molar-refractivity contribution >= 4 is 10.8 Å². The van der Waals surface area contributed by atoms with E-state index in [0.29, 0.717) is 5.92 Å². The quantitative estimate of drug-likeness (QED) is 0.809. The van der Waals surface area contributed by atoms with Crippen molar-refractivity contribution in [2.75, 3.05) is 0 Å². The molecule has 114 valence electrons. The second-order valence-corrected chi connectivity index (χ2v) is 8.85. The maximum Gasteiger partial charge on any atom is 0.0668 e. The molecule has 0 bridgehead atoms. The van der Waals surface area contributed by atoms with Gasteiger partial charge in [0.05, 0.1) is 28.0 Å². The lowest BCUT2D eigenvalue weighted by atomic mass is 9.70. The minimum atomic E-state index is -1.09. The minimum absolute atomic E-state index is 0.0333. The van der Waals surface area contributed by atoms with E-state index >= 15 is 0 Å². The first-order valence-corrected chi connectivity index (χ1v) is 8.91. The molecule has 0 saturated heterocycles. The lowest BCUT2D eigenvalue weighted by Gasteiger charge is -2.39. The van der Waals surface area contributed by atoms with Gasteiger partial charge in [0.2, 0.25) is 0 Å². The Kier molecular flexibility index (Phi) is 4.88. The molecule has 1 aliphatic rings. The third-order valence-corrected chi connectivity index (χ3v) is 6.73. The van der Waals surface area contributed by atoms with Gasteiger partial charge in [-0.1, -0.05) is 39.0 Å². The smallest absolute Gasteiger partial charge is 0.0668 e. The largest absolute Gasteiger partial charge is 0.254 e. The SMILES string of the molecule is Cc1ccccc1S(=O)C1CC(C(C)(C)C)CCC1C#N. The maximum atomic E-state index is 13.0. The van der Waals surface area contributed by atoms with E-state index in [4.69, 9.17) is 0 Å². The molecule has 1 aliphatic carbocycles. The van der Waals surface area contributed by atoms with Crippen LogP contribution in [0.4, 0.5) is 0 Å². The maximum absolute atomic E-state index is 13.0. The summed E-state index contributed by atoms with van der Waals surface area (Å²) in [4.78, 5) is 0.900. The van der Waals surface area contributed by atoms with Crippen LogP contribution in [0.1, 0.15) is 45.6 Å². The van der Waals surface area contributed by atoms with E-state index in [1.807, 2.05) is 31.2 Å². The molecule has 0 heterocycles. The molecule has 1 fully saturated rings. The number of aryl methyl sites for hydroxylation is 1. The zero-order valence-corrected chi connectivity index (χ0v) is 14.2. The average Bonchev–Trinajstić information content (AvgIpc) is 2.45. The number of nitriles is 1. The fourth-order valence-corrected chi connectivity index (χ4v) is 5.07. The molecule has 0 N–H and O–H groups in total. The van der Waals surface area contributed by atoms with Crippen LogP contribution < -0.4 is 0 Å². The van der Waals surface area contributed by atoms with Crippen LogP contribution in [0.15, 0.2) is 29.2 Å². The lowest BCUT2D eigenvalue weighted by Crippen LogP contribution is -2.37. The summed E-state index contributed by atoms with van der Waals surface area (Å²) in [6, 6.07) is 10.3. The van der Waals surface area contributed by atoms with Gasteiger partial charge in [0.1, 0.15) is 0 Å². The van der Waals surface area contributed by atoms with Crippen LogP contribution in [0, 0.1) is 35.5 Å². The topological polar surface area (TPSA) is 40.9 Å². The third-order valence-electron chi connectivity index (χ3n) is 4.77. The highest BCUT2D eigenvalue weighted by Gasteiger charge is 2.39. The average molecular weight is 303 g/mol. The minimum Gasteiger partial charge on any atom is -0.254 e. The molecular formula is C18H25NOS. The first kappa shape index (κ1) is 16.2. The molecule has 4 atom stereocenters. The van der Waals surface area contributed by atoms with Crippen LogP contribution in [-0.2, 0) is 10.8 Å². The fraction of sp³-hybridized carbons (Fsp3) is 0.611. The summed E-state index contributed by atoms with van der Waals surface area (Å²) >= 11 is 0. The summed E-state index contributed by atoms with van der Waals surface area (Å²) < 4.78 is 13.0. The van der Waals surface area contributed by atoms with Crippen molar-refractivity contribution in [3.63, 3.8) is 0 Å². The van der Waals surface area contributed by atoms with Crippen LogP contribution >= 0.6 is 0 Å². The van der Waals surface area contributed by atoms with E-state index in [1.54, 1.807) is 0 Å². The van der Waals surface area contributed by atoms with Gasteiger partial charge in [-0.25, -0.2) is 0 Å². The van der Waals surface area contributed by atoms with E-state index < -0.39 is 10.8 Å². The van der Waals surface area contributed by atoms with E-state index in [1.165, 1.54) is 0 Å². The predicted octanol–water partition coefficient (Wildman–Crippen LogP) is 4.46. The second kappa shape index (κ2) is 6.32. The molecule has 21 heavy (non-hydrogen) atoms. The first-order valence-electron chi connectivity index (χ1n) is 7.70. The Morgan fingerprint density at radius 2 is 1.90 bits per heavy atom. The highest BCUT2D eigenvalue weighted by Crippen LogP contribution is 2.42. The van der Waals surface area contributed by atoms with Crippen LogP contribution in [0.3, 0.4) is 0 Å². The third kappa shape index (κ3) is 3.55. The van der Waals surface area contributed by atoms with Crippen molar-refractivity contribution in [2.24, 2.45) is 17.3 Å². The molecule has 2 nitrogen and oxygen atoms in total. The van der Waals surface area contributed by atoms with Gasteiger partial charge in [-0.3, -0.25) is 4.21 Å². The van der Waals surface area contributed by atoms with Gasteiger partial charge in [-0.2, -0.15) is 5.26 Å². The van der Waals surface area contributed by atoms with Crippen LogP contribution in [-0.4, -0.2) is 9.46 Å². The van der Waals surface area contributed by atoms with Crippen molar-refractivity contribution in [3.05, 3.63) is 29.8 Å². The number of nitrogens with zero attached hydrogens (tertiary/aromatic N) is 1. The Bertz CT molecular complexity index is 567. The summed E-state index contributed by atoms with van der Waals surface area (Å²) in [5, 5.41) is 9.40. The summed E-state index contributed by atoms with van der Waals surface area (Å²) in [6.45, 7) is 8.74. The Hall–Kier alpha value is -1.14. The van der Waals surface area contributed by atoms with Crippen molar-refractivity contribution in [3.8, 4) is 6.07 Å². The Balaban J connectivity index is 2.28. The van der Waals surface area contributed by atoms with E-state index in [0.717, 1.165) is 29.7 Å². The van der Waals surface area contributed by atoms with Crippen molar-refractivity contribution < 1.29 is 4.21 Å². The summed E-state index contributed by atoms with van der Waals surface area (Å²) in [6.07, 6.45) is 2.84. The zero-order chi connectivity index (χ0) is 15.6. The van der Waals surface area contributed by atoms with Gasteiger partial charge in [-0.15, -0.1) is 0 Å². The normalized spacial score (nSPS) is 27.9. The predicted molar refractivity (Wildman–Crippen MR) is 87.3 cm³/mol. The lowest BCUT2D eigenvalue weighted by molar-refractivity contribution is 0.167. The molecule has 1 aromatic rings. The van der Waals surface area contributed by atoms with Gasteiger partial charge in [0.25, 0.3) is 0 Å². The van der Waals surface area contributed by atoms with Gasteiger partial charge in [-0.05, 0) is 49.1 Å². The van der Waals surface area contributed by atoms with Crippen LogP contribution in [0.5, 0.6) is 0 Å². The van der Waals surface area contributed by atoms with E-state index in [9.17, 15) is 9.47 Å². The molecule has 0 aromatic heterocycles. The van der Waals surface area contributed by atoms with Crippen molar-refractivity contribution in [1.82, 2.24) is 0 Å². The number of benzene rings is 1. The second-order valence-electron chi connectivity index (χ2n) is 7.21. The van der Waals surface area contributed by atoms with E-state index in [2.05, 4.69) is 26.8 Å². The molecule has 0 radical (unpaired) electrons. The molecule has 0 spiro atoms. The molecule has 1 aromatic carbocycles. The monoisotopic (exact) mass is 303 g/mol. The van der Waals surface area contributed by atoms with Gasteiger partial charge in [0, 0.05) is 4.90 Å². The highest BCUT2D eigenvalue weighted by atomic mass is 32.2. The Morgan fingerprint density at radius 1 is 1.24 bits per heavy atom. The van der Waals surface area contributed by atoms with Gasteiger partial charge >= 0.3 is 0 Å². The van der Waals surface area contributed by atoms with Crippen molar-refractivity contribution in [2.45, 2.75) is 57.1 Å². The molecule has 3 heteroatoms. The molecular weight excluding hydrogens is 278 g/mol. The van der Waals surface area contributed by atoms with Gasteiger partial charge < -0.3 is 0 Å². The molecule has 2 rings (SSSR count). The number of hydrogen-bond donors (Lipinski definition) is 0.